The lowest BCUT2D eigenvalue weighted by atomic mass is 9.95. The van der Waals surface area contributed by atoms with E-state index in [1.165, 1.54) is 163 Å². The van der Waals surface area contributed by atoms with Gasteiger partial charge in [0.15, 0.2) is 0 Å². The van der Waals surface area contributed by atoms with Crippen LogP contribution < -0.4 is 0 Å². The molecule has 0 saturated heterocycles. The maximum Gasteiger partial charge on any atom is 0.0541 e. The van der Waals surface area contributed by atoms with Gasteiger partial charge in [-0.1, -0.05) is 305 Å². The monoisotopic (exact) mass is 1230 g/mol. The van der Waals surface area contributed by atoms with Crippen molar-refractivity contribution in [2.45, 2.75) is 39.9 Å². The van der Waals surface area contributed by atoms with Gasteiger partial charge in [-0.25, -0.2) is 0 Å². The van der Waals surface area contributed by atoms with Crippen molar-refractivity contribution < 1.29 is 0 Å². The van der Waals surface area contributed by atoms with Crippen molar-refractivity contribution in [1.82, 2.24) is 4.57 Å². The molecule has 0 radical (unpaired) electrons. The van der Waals surface area contributed by atoms with Gasteiger partial charge in [-0.05, 0) is 195 Å². The minimum Gasteiger partial charge on any atom is -0.309 e. The van der Waals surface area contributed by atoms with Crippen LogP contribution in [0.5, 0.6) is 0 Å². The highest BCUT2D eigenvalue weighted by molar-refractivity contribution is 8.34. The lowest BCUT2D eigenvalue weighted by Gasteiger charge is -2.39. The van der Waals surface area contributed by atoms with E-state index in [1.807, 2.05) is 13.8 Å². The number of fused-ring (bicyclic) bond motifs is 9. The number of hydrogen-bond donors (Lipinski definition) is 0. The molecule has 450 valence electrons. The third-order valence-electron chi connectivity index (χ3n) is 19.5. The van der Waals surface area contributed by atoms with Crippen molar-refractivity contribution in [2.75, 3.05) is 0 Å². The molecular formula is C93H67NS. The van der Waals surface area contributed by atoms with Crippen molar-refractivity contribution in [3.05, 3.63) is 369 Å². The van der Waals surface area contributed by atoms with Crippen LogP contribution in [-0.2, 0) is 0 Å². The Bertz CT molecular complexity index is 5670. The van der Waals surface area contributed by atoms with Gasteiger partial charge in [0.05, 0.1) is 11.0 Å². The first-order valence-corrected chi connectivity index (χ1v) is 34.9. The zero-order chi connectivity index (χ0) is 63.4. The van der Waals surface area contributed by atoms with Gasteiger partial charge in [0, 0.05) is 36.0 Å². The van der Waals surface area contributed by atoms with Crippen molar-refractivity contribution in [3.63, 3.8) is 0 Å². The molecule has 0 N–H and O–H groups in total. The van der Waals surface area contributed by atoms with Gasteiger partial charge < -0.3 is 4.57 Å². The maximum atomic E-state index is 2.55. The molecule has 16 aromatic rings. The summed E-state index contributed by atoms with van der Waals surface area (Å²) in [5.41, 5.74) is 23.2. The van der Waals surface area contributed by atoms with Gasteiger partial charge in [0.2, 0.25) is 0 Å². The van der Waals surface area contributed by atoms with Crippen molar-refractivity contribution in [2.24, 2.45) is 0 Å². The average molecular weight is 1230 g/mol. The van der Waals surface area contributed by atoms with Gasteiger partial charge in [0.1, 0.15) is 0 Å². The Morgan fingerprint density at radius 1 is 0.274 bits per heavy atom. The molecule has 2 heterocycles. The Balaban J connectivity index is 0.00000339. The molecule has 95 heavy (non-hydrogen) atoms. The summed E-state index contributed by atoms with van der Waals surface area (Å²) in [6, 6.07) is 125. The van der Waals surface area contributed by atoms with Crippen LogP contribution in [0.3, 0.4) is 0 Å². The number of aromatic nitrogens is 1. The Hall–Kier alpha value is -11.6. The predicted molar refractivity (Wildman–Crippen MR) is 407 cm³/mol. The summed E-state index contributed by atoms with van der Waals surface area (Å²) in [6.45, 7) is 4.00. The number of nitrogens with zero attached hydrogens (tertiary/aromatic N) is 1. The number of allylic oxidation sites excluding steroid dienone is 6. The SMILES string of the molecule is C1=CC(c2cccc3ccccc23)=CC=C(c2ccc(-c3ccc4c(c3)c3cc(-c5ccc(-c6ccc(-c7cccc8ccccc78)cc6)cc5)ccc3n4-c3ccc4c(c3)S(c3ccccc3)(c3ccccc3)c3cc(-c5cccc6ccccc56)ccc3-4)cc2)C1.CC. The molecule has 1 aromatic heterocycles. The van der Waals surface area contributed by atoms with Gasteiger partial charge in [-0.3, -0.25) is 0 Å². The number of rotatable bonds is 10. The molecule has 0 saturated carbocycles. The predicted octanol–water partition coefficient (Wildman–Crippen LogP) is 26.4. The van der Waals surface area contributed by atoms with Crippen molar-refractivity contribution in [3.8, 4) is 72.4 Å². The zero-order valence-electron chi connectivity index (χ0n) is 53.1. The van der Waals surface area contributed by atoms with E-state index in [9.17, 15) is 0 Å². The average Bonchev–Trinajstić information content (AvgIpc) is 1.54. The molecule has 15 aromatic carbocycles. The number of benzene rings is 15. The summed E-state index contributed by atoms with van der Waals surface area (Å²) >= 11 is 0. The Kier molecular flexibility index (Phi) is 14.6. The fourth-order valence-electron chi connectivity index (χ4n) is 15.0. The van der Waals surface area contributed by atoms with E-state index in [4.69, 9.17) is 0 Å². The smallest absolute Gasteiger partial charge is 0.0541 e. The molecule has 1 nitrogen and oxygen atoms in total. The minimum atomic E-state index is -2.04. The minimum absolute atomic E-state index is 0.862. The molecule has 0 unspecified atom stereocenters. The fraction of sp³-hybridized carbons (Fsp3) is 0.0323. The summed E-state index contributed by atoms with van der Waals surface area (Å²) in [5, 5.41) is 10.00. The summed E-state index contributed by atoms with van der Waals surface area (Å²) < 4.78 is 2.53. The molecule has 2 heteroatoms. The van der Waals surface area contributed by atoms with Crippen molar-refractivity contribution >= 4 is 75.3 Å². The van der Waals surface area contributed by atoms with Crippen LogP contribution in [0.1, 0.15) is 31.4 Å². The van der Waals surface area contributed by atoms with E-state index in [0.717, 1.165) is 12.1 Å². The maximum absolute atomic E-state index is 2.55. The molecule has 0 spiro atoms. The molecule has 2 aliphatic rings. The standard InChI is InChI=1S/C91H61NS.C2H6/c1-3-25-76(26-4-1)93(77-27-5-2-6-28-77)90-59-74(83-34-16-24-69-19-9-12-31-80(69)83)49-53-84(90)85-54-52-75(60-91(85)93)92-88-55-50-72(65-39-35-62(36-40-65)61-20-13-21-70(46-43-61)81-32-14-22-67-17-7-10-29-78(67)81)57-86(88)87-58-73(51-56-89(87)92)66-41-37-63(38-42-66)64-44-47-71(48-45-64)82-33-15-23-68-18-8-11-30-79(68)82;1-2/h1-19,21-60H,20H2;1-2H3. The third kappa shape index (κ3) is 9.88. The van der Waals surface area contributed by atoms with Gasteiger partial charge >= 0.3 is 0 Å². The van der Waals surface area contributed by atoms with Crippen LogP contribution in [-0.4, -0.2) is 4.57 Å². The van der Waals surface area contributed by atoms with E-state index in [-0.39, 0.29) is 0 Å². The normalized spacial score (nSPS) is 13.4. The second-order valence-corrected chi connectivity index (χ2v) is 27.7. The highest BCUT2D eigenvalue weighted by Crippen LogP contribution is 2.80. The molecule has 0 amide bonds. The Labute approximate surface area is 557 Å². The third-order valence-corrected chi connectivity index (χ3v) is 23.5. The topological polar surface area (TPSA) is 4.93 Å². The first-order chi connectivity index (χ1) is 47.1. The van der Waals surface area contributed by atoms with E-state index in [1.54, 1.807) is 0 Å². The molecule has 0 fully saturated rings. The quantitative estimate of drug-likeness (QED) is 0.129. The zero-order valence-corrected chi connectivity index (χ0v) is 53.9. The highest BCUT2D eigenvalue weighted by Gasteiger charge is 2.43. The largest absolute Gasteiger partial charge is 0.309 e. The summed E-state index contributed by atoms with van der Waals surface area (Å²) in [7, 11) is -2.04. The van der Waals surface area contributed by atoms with Crippen LogP contribution in [0.25, 0.3) is 138 Å². The second-order valence-electron chi connectivity index (χ2n) is 24.7. The molecular weight excluding hydrogens is 1160 g/mol. The van der Waals surface area contributed by atoms with Gasteiger partial charge in [-0.2, -0.15) is 0 Å². The molecule has 0 atom stereocenters. The molecule has 1 aliphatic heterocycles. The Morgan fingerprint density at radius 3 is 1.21 bits per heavy atom. The lowest BCUT2D eigenvalue weighted by Crippen LogP contribution is -2.03. The van der Waals surface area contributed by atoms with Crippen molar-refractivity contribution in [1.29, 1.82) is 0 Å². The van der Waals surface area contributed by atoms with E-state index in [2.05, 4.69) is 363 Å². The summed E-state index contributed by atoms with van der Waals surface area (Å²) in [5.74, 6) is 0. The summed E-state index contributed by atoms with van der Waals surface area (Å²) in [6.07, 6.45) is 10.1. The van der Waals surface area contributed by atoms with Crippen LogP contribution in [0.4, 0.5) is 0 Å². The van der Waals surface area contributed by atoms with Crippen LogP contribution in [0, 0.1) is 0 Å². The van der Waals surface area contributed by atoms with E-state index >= 15 is 0 Å². The molecule has 18 rings (SSSR count). The van der Waals surface area contributed by atoms with E-state index < -0.39 is 10.0 Å². The highest BCUT2D eigenvalue weighted by atomic mass is 32.3. The van der Waals surface area contributed by atoms with Crippen LogP contribution >= 0.6 is 10.0 Å². The van der Waals surface area contributed by atoms with E-state index in [0.29, 0.717) is 0 Å². The second kappa shape index (κ2) is 24.2. The lowest BCUT2D eigenvalue weighted by molar-refractivity contribution is 1.16. The Morgan fingerprint density at radius 2 is 0.674 bits per heavy atom. The van der Waals surface area contributed by atoms with Gasteiger partial charge in [0.25, 0.3) is 0 Å². The van der Waals surface area contributed by atoms with Crippen LogP contribution in [0.2, 0.25) is 0 Å². The first-order valence-electron chi connectivity index (χ1n) is 33.2. The molecule has 0 bridgehead atoms. The summed E-state index contributed by atoms with van der Waals surface area (Å²) in [4.78, 5) is 5.37. The number of hydrogen-bond acceptors (Lipinski definition) is 0. The van der Waals surface area contributed by atoms with Crippen LogP contribution in [0.15, 0.2) is 378 Å². The molecule has 1 aliphatic carbocycles. The fourth-order valence-corrected chi connectivity index (χ4v) is 19.3. The van der Waals surface area contributed by atoms with Gasteiger partial charge in [-0.15, -0.1) is 10.0 Å². The first kappa shape index (κ1) is 57.4.